The number of rotatable bonds is 3. The summed E-state index contributed by atoms with van der Waals surface area (Å²) in [5, 5.41) is 0.613. The molecule has 0 amide bonds. The van der Waals surface area contributed by atoms with E-state index in [2.05, 4.69) is 15.9 Å². The van der Waals surface area contributed by atoms with Crippen LogP contribution in [0.4, 0.5) is 0 Å². The highest BCUT2D eigenvalue weighted by molar-refractivity contribution is 9.10. The number of aryl methyl sites for hydroxylation is 2. The minimum atomic E-state index is -3.71. The molecule has 0 N–H and O–H groups in total. The maximum absolute atomic E-state index is 12.9. The number of halogens is 1. The molecule has 0 bridgehead atoms. The van der Waals surface area contributed by atoms with Gasteiger partial charge in [-0.3, -0.25) is 4.79 Å². The Bertz CT molecular complexity index is 1020. The molecule has 0 radical (unpaired) electrons. The quantitative estimate of drug-likeness (QED) is 0.632. The largest absolute Gasteiger partial charge is 0.298 e. The number of benzene rings is 2. The van der Waals surface area contributed by atoms with Crippen LogP contribution < -0.4 is 0 Å². The molecule has 0 spiro atoms. The van der Waals surface area contributed by atoms with Gasteiger partial charge >= 0.3 is 0 Å². The third-order valence-corrected chi connectivity index (χ3v) is 6.16. The summed E-state index contributed by atoms with van der Waals surface area (Å²) in [6.07, 6.45) is 2.22. The minimum absolute atomic E-state index is 0.218. The number of hydrogen-bond donors (Lipinski definition) is 0. The number of carbonyl (C=O) groups excluding carboxylic acids is 1. The van der Waals surface area contributed by atoms with Gasteiger partial charge in [-0.15, -0.1) is 0 Å². The van der Waals surface area contributed by atoms with E-state index >= 15 is 0 Å². The molecule has 1 aromatic heterocycles. The fourth-order valence-electron chi connectivity index (χ4n) is 2.63. The monoisotopic (exact) mass is 391 g/mol. The van der Waals surface area contributed by atoms with Gasteiger partial charge in [0.1, 0.15) is 0 Å². The lowest BCUT2D eigenvalue weighted by Crippen LogP contribution is -2.12. The SMILES string of the molecule is Cc1ccc(S(=O)(=O)n2ccc3c(C=O)c(Br)cc(C)c32)cc1. The molecule has 2 aromatic carbocycles. The molecule has 1 heterocycles. The van der Waals surface area contributed by atoms with Gasteiger partial charge in [0.25, 0.3) is 10.0 Å². The van der Waals surface area contributed by atoms with Crippen LogP contribution in [0.2, 0.25) is 0 Å². The van der Waals surface area contributed by atoms with Crippen molar-refractivity contribution >= 4 is 43.1 Å². The zero-order chi connectivity index (χ0) is 16.8. The van der Waals surface area contributed by atoms with E-state index in [1.807, 2.05) is 13.8 Å². The minimum Gasteiger partial charge on any atom is -0.298 e. The summed E-state index contributed by atoms with van der Waals surface area (Å²) in [6.45, 7) is 3.72. The average molecular weight is 392 g/mol. The highest BCUT2D eigenvalue weighted by Gasteiger charge is 2.21. The van der Waals surface area contributed by atoms with E-state index in [-0.39, 0.29) is 4.90 Å². The third-order valence-electron chi connectivity index (χ3n) is 3.81. The molecule has 0 fully saturated rings. The smallest absolute Gasteiger partial charge is 0.268 e. The summed E-state index contributed by atoms with van der Waals surface area (Å²) in [6, 6.07) is 10.1. The van der Waals surface area contributed by atoms with Crippen molar-refractivity contribution in [1.82, 2.24) is 3.97 Å². The Kier molecular flexibility index (Phi) is 3.90. The van der Waals surface area contributed by atoms with Crippen LogP contribution in [0.1, 0.15) is 21.5 Å². The van der Waals surface area contributed by atoms with Crippen molar-refractivity contribution < 1.29 is 13.2 Å². The first-order chi connectivity index (χ1) is 10.9. The fraction of sp³-hybridized carbons (Fsp3) is 0.118. The normalized spacial score (nSPS) is 11.8. The summed E-state index contributed by atoms with van der Waals surface area (Å²) in [5.74, 6) is 0. The molecule has 0 saturated carbocycles. The zero-order valence-corrected chi connectivity index (χ0v) is 15.0. The van der Waals surface area contributed by atoms with Gasteiger partial charge < -0.3 is 0 Å². The summed E-state index contributed by atoms with van der Waals surface area (Å²) >= 11 is 3.35. The van der Waals surface area contributed by atoms with Crippen LogP contribution in [0.15, 0.2) is 52.0 Å². The Hall–Kier alpha value is -1.92. The standard InChI is InChI=1S/C17H14BrNO3S/c1-11-3-5-13(6-4-11)23(21,22)19-8-7-14-15(10-20)16(18)9-12(2)17(14)19/h3-10H,1-2H3. The van der Waals surface area contributed by atoms with E-state index in [0.29, 0.717) is 20.9 Å². The van der Waals surface area contributed by atoms with Gasteiger partial charge in [0, 0.05) is 21.6 Å². The number of aldehydes is 1. The number of aromatic nitrogens is 1. The van der Waals surface area contributed by atoms with Crippen LogP contribution in [0.5, 0.6) is 0 Å². The zero-order valence-electron chi connectivity index (χ0n) is 12.6. The van der Waals surface area contributed by atoms with E-state index in [1.54, 1.807) is 36.4 Å². The molecule has 0 aliphatic rings. The molecule has 0 saturated heterocycles. The molecule has 0 unspecified atom stereocenters. The average Bonchev–Trinajstić information content (AvgIpc) is 2.94. The lowest BCUT2D eigenvalue weighted by molar-refractivity contribution is 0.112. The van der Waals surface area contributed by atoms with E-state index in [9.17, 15) is 13.2 Å². The third kappa shape index (κ3) is 2.52. The Morgan fingerprint density at radius 1 is 1.09 bits per heavy atom. The fourth-order valence-corrected chi connectivity index (χ4v) is 4.69. The molecule has 118 valence electrons. The van der Waals surface area contributed by atoms with Gasteiger partial charge in [-0.25, -0.2) is 12.4 Å². The van der Waals surface area contributed by atoms with Gasteiger partial charge in [-0.1, -0.05) is 33.6 Å². The second-order valence-electron chi connectivity index (χ2n) is 5.40. The molecule has 0 aliphatic carbocycles. The van der Waals surface area contributed by atoms with Gasteiger partial charge in [-0.2, -0.15) is 0 Å². The molecule has 6 heteroatoms. The summed E-state index contributed by atoms with van der Waals surface area (Å²) in [7, 11) is -3.71. The maximum atomic E-state index is 12.9. The second kappa shape index (κ2) is 5.62. The summed E-state index contributed by atoms with van der Waals surface area (Å²) in [4.78, 5) is 11.5. The molecule has 4 nitrogen and oxygen atoms in total. The van der Waals surface area contributed by atoms with E-state index in [4.69, 9.17) is 0 Å². The van der Waals surface area contributed by atoms with Crippen molar-refractivity contribution in [3.05, 3.63) is 63.8 Å². The van der Waals surface area contributed by atoms with Gasteiger partial charge in [-0.05, 0) is 43.7 Å². The number of carbonyl (C=O) groups is 1. The van der Waals surface area contributed by atoms with Crippen molar-refractivity contribution in [3.8, 4) is 0 Å². The van der Waals surface area contributed by atoms with E-state index in [0.717, 1.165) is 17.4 Å². The molecule has 23 heavy (non-hydrogen) atoms. The van der Waals surface area contributed by atoms with Gasteiger partial charge in [0.15, 0.2) is 6.29 Å². The van der Waals surface area contributed by atoms with Gasteiger partial charge in [0.2, 0.25) is 0 Å². The van der Waals surface area contributed by atoms with Crippen molar-refractivity contribution in [2.24, 2.45) is 0 Å². The second-order valence-corrected chi connectivity index (χ2v) is 8.07. The predicted octanol–water partition coefficient (Wildman–Crippen LogP) is 4.07. The highest BCUT2D eigenvalue weighted by atomic mass is 79.9. The molecule has 0 aliphatic heterocycles. The van der Waals surface area contributed by atoms with Crippen LogP contribution in [0.25, 0.3) is 10.9 Å². The highest BCUT2D eigenvalue weighted by Crippen LogP contribution is 2.31. The number of nitrogens with zero attached hydrogens (tertiary/aromatic N) is 1. The Labute approximate surface area is 142 Å². The molecule has 0 atom stereocenters. The molecular formula is C17H14BrNO3S. The van der Waals surface area contributed by atoms with E-state index < -0.39 is 10.0 Å². The maximum Gasteiger partial charge on any atom is 0.268 e. The predicted molar refractivity (Wildman–Crippen MR) is 93.5 cm³/mol. The van der Waals surface area contributed by atoms with Crippen molar-refractivity contribution in [2.45, 2.75) is 18.7 Å². The van der Waals surface area contributed by atoms with Crippen molar-refractivity contribution in [1.29, 1.82) is 0 Å². The van der Waals surface area contributed by atoms with Crippen molar-refractivity contribution in [2.75, 3.05) is 0 Å². The Morgan fingerprint density at radius 3 is 2.35 bits per heavy atom. The molecule has 3 aromatic rings. The molecular weight excluding hydrogens is 378 g/mol. The first-order valence-corrected chi connectivity index (χ1v) is 9.17. The molecule has 3 rings (SSSR count). The van der Waals surface area contributed by atoms with Crippen LogP contribution in [-0.2, 0) is 10.0 Å². The first-order valence-electron chi connectivity index (χ1n) is 6.94. The number of fused-ring (bicyclic) bond motifs is 1. The summed E-state index contributed by atoms with van der Waals surface area (Å²) in [5.41, 5.74) is 2.74. The van der Waals surface area contributed by atoms with E-state index in [1.165, 1.54) is 10.2 Å². The number of hydrogen-bond acceptors (Lipinski definition) is 3. The first kappa shape index (κ1) is 16.0. The lowest BCUT2D eigenvalue weighted by atomic mass is 10.1. The Morgan fingerprint density at radius 2 is 1.74 bits per heavy atom. The topological polar surface area (TPSA) is 56.1 Å². The van der Waals surface area contributed by atoms with Crippen LogP contribution in [0, 0.1) is 13.8 Å². The van der Waals surface area contributed by atoms with Gasteiger partial charge in [0.05, 0.1) is 10.4 Å². The lowest BCUT2D eigenvalue weighted by Gasteiger charge is -2.11. The van der Waals surface area contributed by atoms with Crippen LogP contribution in [0.3, 0.4) is 0 Å². The van der Waals surface area contributed by atoms with Crippen LogP contribution in [-0.4, -0.2) is 18.7 Å². The summed E-state index contributed by atoms with van der Waals surface area (Å²) < 4.78 is 27.7. The van der Waals surface area contributed by atoms with Crippen LogP contribution >= 0.6 is 15.9 Å². The van der Waals surface area contributed by atoms with Crippen molar-refractivity contribution in [3.63, 3.8) is 0 Å². The Balaban J connectivity index is 2.33.